The first kappa shape index (κ1) is 21.4. The van der Waals surface area contributed by atoms with Crippen molar-refractivity contribution in [3.8, 4) is 11.1 Å². The molecule has 0 saturated carbocycles. The Morgan fingerprint density at radius 2 is 1.91 bits per heavy atom. The van der Waals surface area contributed by atoms with Crippen LogP contribution >= 0.6 is 0 Å². The van der Waals surface area contributed by atoms with Crippen LogP contribution in [0.4, 0.5) is 11.5 Å². The fourth-order valence-corrected chi connectivity index (χ4v) is 4.67. The van der Waals surface area contributed by atoms with Crippen LogP contribution < -0.4 is 15.5 Å². The van der Waals surface area contributed by atoms with Crippen molar-refractivity contribution in [3.05, 3.63) is 60.3 Å². The van der Waals surface area contributed by atoms with Crippen LogP contribution in [0.1, 0.15) is 20.8 Å². The smallest absolute Gasteiger partial charge is 0.267 e. The van der Waals surface area contributed by atoms with E-state index in [4.69, 9.17) is 0 Å². The highest BCUT2D eigenvalue weighted by Gasteiger charge is 2.20. The third-order valence-corrected chi connectivity index (χ3v) is 6.70. The Morgan fingerprint density at radius 3 is 2.69 bits per heavy atom. The Hall–Kier alpha value is -4.18. The second-order valence-corrected chi connectivity index (χ2v) is 9.04. The molecular formula is C25H26N8O2. The van der Waals surface area contributed by atoms with Crippen LogP contribution in [0.3, 0.4) is 0 Å². The lowest BCUT2D eigenvalue weighted by Gasteiger charge is -2.33. The van der Waals surface area contributed by atoms with Gasteiger partial charge in [0.05, 0.1) is 17.4 Å². The molecule has 0 bridgehead atoms. The van der Waals surface area contributed by atoms with Crippen molar-refractivity contribution in [2.75, 3.05) is 50.0 Å². The summed E-state index contributed by atoms with van der Waals surface area (Å²) in [4.78, 5) is 41.8. The third kappa shape index (κ3) is 4.01. The Bertz CT molecular complexity index is 1410. The molecule has 2 aliphatic rings. The molecule has 178 valence electrons. The highest BCUT2D eigenvalue weighted by atomic mass is 16.2. The topological polar surface area (TPSA) is 111 Å². The number of pyridine rings is 2. The summed E-state index contributed by atoms with van der Waals surface area (Å²) in [6, 6.07) is 7.52. The maximum absolute atomic E-state index is 13.0. The van der Waals surface area contributed by atoms with Crippen LogP contribution in [0.15, 0.2) is 49.1 Å². The second-order valence-electron chi connectivity index (χ2n) is 9.04. The summed E-state index contributed by atoms with van der Waals surface area (Å²) in [6.45, 7) is 5.25. The van der Waals surface area contributed by atoms with Gasteiger partial charge in [0.1, 0.15) is 17.2 Å². The number of hydrogen-bond acceptors (Lipinski definition) is 6. The number of rotatable bonds is 4. The van der Waals surface area contributed by atoms with E-state index in [-0.39, 0.29) is 11.8 Å². The number of aromatic nitrogens is 4. The summed E-state index contributed by atoms with van der Waals surface area (Å²) in [6.07, 6.45) is 7.08. The van der Waals surface area contributed by atoms with E-state index in [9.17, 15) is 9.59 Å². The lowest BCUT2D eigenvalue weighted by molar-refractivity contribution is 0.0927. The molecule has 10 nitrogen and oxygen atoms in total. The minimum atomic E-state index is -0.253. The van der Waals surface area contributed by atoms with Gasteiger partial charge in [0, 0.05) is 74.4 Å². The second kappa shape index (κ2) is 8.55. The van der Waals surface area contributed by atoms with E-state index in [0.29, 0.717) is 29.1 Å². The van der Waals surface area contributed by atoms with Crippen molar-refractivity contribution in [1.82, 2.24) is 29.7 Å². The van der Waals surface area contributed by atoms with E-state index >= 15 is 0 Å². The van der Waals surface area contributed by atoms with Crippen molar-refractivity contribution in [1.29, 1.82) is 0 Å². The maximum atomic E-state index is 13.0. The third-order valence-electron chi connectivity index (χ3n) is 6.70. The average Bonchev–Trinajstić information content (AvgIpc) is 3.49. The summed E-state index contributed by atoms with van der Waals surface area (Å²) < 4.78 is 1.95. The Kier molecular flexibility index (Phi) is 5.22. The Balaban J connectivity index is 1.22. The minimum absolute atomic E-state index is 0.0761. The van der Waals surface area contributed by atoms with Gasteiger partial charge >= 0.3 is 0 Å². The normalized spacial score (nSPS) is 16.3. The number of aromatic amines is 1. The van der Waals surface area contributed by atoms with Crippen molar-refractivity contribution in [3.63, 3.8) is 0 Å². The molecule has 10 heteroatoms. The van der Waals surface area contributed by atoms with E-state index in [1.807, 2.05) is 41.2 Å². The fourth-order valence-electron chi connectivity index (χ4n) is 4.67. The molecule has 2 aliphatic heterocycles. The minimum Gasteiger partial charge on any atom is -0.354 e. The summed E-state index contributed by atoms with van der Waals surface area (Å²) in [7, 11) is 2.12. The molecule has 0 aliphatic carbocycles. The first-order valence-corrected chi connectivity index (χ1v) is 11.7. The number of piperazine rings is 1. The van der Waals surface area contributed by atoms with Crippen molar-refractivity contribution in [2.45, 2.75) is 6.54 Å². The van der Waals surface area contributed by atoms with E-state index < -0.39 is 0 Å². The first-order valence-electron chi connectivity index (χ1n) is 11.7. The standard InChI is InChI=1S/C25H26N8O2/c1-31-6-8-32(9-7-31)22-3-2-18(13-27-22)30-24(34)16-10-19-20(14-29-23(19)28-12-16)17-11-21-25(35)26-4-5-33(21)15-17/h2-3,10-15H,4-9H2,1H3,(H,26,35)(H,28,29)(H,30,34). The zero-order valence-corrected chi connectivity index (χ0v) is 19.4. The van der Waals surface area contributed by atoms with Gasteiger partial charge in [-0.15, -0.1) is 0 Å². The number of hydrogen-bond donors (Lipinski definition) is 3. The van der Waals surface area contributed by atoms with E-state index in [0.717, 1.165) is 55.1 Å². The lowest BCUT2D eigenvalue weighted by Crippen LogP contribution is -2.44. The molecule has 6 heterocycles. The molecule has 3 N–H and O–H groups in total. The quantitative estimate of drug-likeness (QED) is 0.422. The van der Waals surface area contributed by atoms with Crippen LogP contribution in [0, 0.1) is 0 Å². The highest BCUT2D eigenvalue weighted by molar-refractivity contribution is 6.07. The summed E-state index contributed by atoms with van der Waals surface area (Å²) in [5, 5.41) is 6.61. The lowest BCUT2D eigenvalue weighted by atomic mass is 10.1. The van der Waals surface area contributed by atoms with Crippen LogP contribution in [0.2, 0.25) is 0 Å². The average molecular weight is 471 g/mol. The van der Waals surface area contributed by atoms with Gasteiger partial charge in [-0.05, 0) is 31.3 Å². The van der Waals surface area contributed by atoms with E-state index in [1.165, 1.54) is 0 Å². The van der Waals surface area contributed by atoms with Crippen LogP contribution in [0.5, 0.6) is 0 Å². The molecule has 0 spiro atoms. The van der Waals surface area contributed by atoms with Gasteiger partial charge in [-0.25, -0.2) is 9.97 Å². The molecule has 4 aromatic heterocycles. The first-order chi connectivity index (χ1) is 17.0. The molecule has 4 aromatic rings. The monoisotopic (exact) mass is 470 g/mol. The van der Waals surface area contributed by atoms with E-state index in [2.05, 4.69) is 42.4 Å². The highest BCUT2D eigenvalue weighted by Crippen LogP contribution is 2.30. The number of carbonyl (C=O) groups excluding carboxylic acids is 2. The van der Waals surface area contributed by atoms with Gasteiger partial charge in [-0.1, -0.05) is 0 Å². The number of carbonyl (C=O) groups is 2. The zero-order chi connectivity index (χ0) is 23.9. The van der Waals surface area contributed by atoms with Gasteiger partial charge in [-0.3, -0.25) is 9.59 Å². The molecule has 0 radical (unpaired) electrons. The molecule has 6 rings (SSSR count). The number of anilines is 2. The van der Waals surface area contributed by atoms with Crippen molar-refractivity contribution < 1.29 is 9.59 Å². The van der Waals surface area contributed by atoms with Gasteiger partial charge in [0.15, 0.2) is 0 Å². The predicted molar refractivity (Wildman–Crippen MR) is 134 cm³/mol. The number of fused-ring (bicyclic) bond motifs is 2. The number of likely N-dealkylation sites (N-methyl/N-ethyl adjacent to an activating group) is 1. The molecule has 0 atom stereocenters. The summed E-state index contributed by atoms with van der Waals surface area (Å²) >= 11 is 0. The van der Waals surface area contributed by atoms with Crippen molar-refractivity contribution in [2.24, 2.45) is 0 Å². The fraction of sp³-hybridized carbons (Fsp3) is 0.280. The Morgan fingerprint density at radius 1 is 1.06 bits per heavy atom. The molecular weight excluding hydrogens is 444 g/mol. The molecule has 1 fully saturated rings. The SMILES string of the molecule is CN1CCN(c2ccc(NC(=O)c3cnc4[nH]cc(-c5cc6n(c5)CCNC6=O)c4c3)cn2)CC1. The molecule has 35 heavy (non-hydrogen) atoms. The van der Waals surface area contributed by atoms with Crippen LogP contribution in [-0.2, 0) is 6.54 Å². The molecule has 0 aromatic carbocycles. The zero-order valence-electron chi connectivity index (χ0n) is 19.4. The molecule has 2 amide bonds. The van der Waals surface area contributed by atoms with Crippen molar-refractivity contribution >= 4 is 34.4 Å². The number of nitrogens with zero attached hydrogens (tertiary/aromatic N) is 5. The van der Waals surface area contributed by atoms with Gasteiger partial charge < -0.3 is 30.0 Å². The van der Waals surface area contributed by atoms with E-state index in [1.54, 1.807) is 12.4 Å². The number of nitrogens with one attached hydrogen (secondary N) is 3. The molecule has 1 saturated heterocycles. The van der Waals surface area contributed by atoms with Crippen LogP contribution in [0.25, 0.3) is 22.2 Å². The number of H-pyrrole nitrogens is 1. The van der Waals surface area contributed by atoms with Gasteiger partial charge in [-0.2, -0.15) is 0 Å². The maximum Gasteiger partial charge on any atom is 0.267 e. The Labute approximate surface area is 202 Å². The summed E-state index contributed by atoms with van der Waals surface area (Å²) in [5.41, 5.74) is 4.20. The number of amides is 2. The van der Waals surface area contributed by atoms with Crippen LogP contribution in [-0.4, -0.2) is 76.0 Å². The largest absolute Gasteiger partial charge is 0.354 e. The van der Waals surface area contributed by atoms with Gasteiger partial charge in [0.2, 0.25) is 0 Å². The van der Waals surface area contributed by atoms with Gasteiger partial charge in [0.25, 0.3) is 11.8 Å². The molecule has 0 unspecified atom stereocenters. The predicted octanol–water partition coefficient (Wildman–Crippen LogP) is 2.17. The summed E-state index contributed by atoms with van der Waals surface area (Å²) in [5.74, 6) is 0.587.